The van der Waals surface area contributed by atoms with Gasteiger partial charge < -0.3 is 4.74 Å². The van der Waals surface area contributed by atoms with Crippen LogP contribution in [0.4, 0.5) is 4.39 Å². The predicted molar refractivity (Wildman–Crippen MR) is 70.1 cm³/mol. The smallest absolute Gasteiger partial charge is 0.233 e. The predicted octanol–water partition coefficient (Wildman–Crippen LogP) is 3.11. The van der Waals surface area contributed by atoms with E-state index in [0.29, 0.717) is 11.3 Å². The summed E-state index contributed by atoms with van der Waals surface area (Å²) in [7, 11) is 1.62. The maximum atomic E-state index is 13.3. The van der Waals surface area contributed by atoms with Crippen LogP contribution in [0.15, 0.2) is 18.2 Å². The standard InChI is InChI=1S/C12H16ClFO3S/c1-9-4-5-10(6-11(9)14)17-7-12(2,3)8-18(13,15)16/h4-6H,7-8H2,1-3H3. The summed E-state index contributed by atoms with van der Waals surface area (Å²) in [4.78, 5) is 0. The van der Waals surface area contributed by atoms with Gasteiger partial charge in [-0.15, -0.1) is 0 Å². The molecule has 1 aromatic rings. The number of rotatable bonds is 5. The molecule has 102 valence electrons. The van der Waals surface area contributed by atoms with Gasteiger partial charge in [0.05, 0.1) is 12.4 Å². The molecule has 0 atom stereocenters. The Balaban J connectivity index is 2.67. The van der Waals surface area contributed by atoms with Crippen LogP contribution >= 0.6 is 10.7 Å². The van der Waals surface area contributed by atoms with Crippen molar-refractivity contribution in [2.45, 2.75) is 20.8 Å². The summed E-state index contributed by atoms with van der Waals surface area (Å²) in [6, 6.07) is 4.53. The third-order valence-corrected chi connectivity index (χ3v) is 3.79. The van der Waals surface area contributed by atoms with Crippen LogP contribution in [0.5, 0.6) is 5.75 Å². The molecule has 3 nitrogen and oxygen atoms in total. The molecule has 0 saturated carbocycles. The molecule has 0 aliphatic carbocycles. The minimum Gasteiger partial charge on any atom is -0.493 e. The van der Waals surface area contributed by atoms with Crippen molar-refractivity contribution in [2.75, 3.05) is 12.4 Å². The molecule has 1 rings (SSSR count). The molecule has 0 bridgehead atoms. The highest BCUT2D eigenvalue weighted by atomic mass is 35.7. The lowest BCUT2D eigenvalue weighted by Gasteiger charge is -2.23. The normalized spacial score (nSPS) is 12.5. The molecule has 0 heterocycles. The Morgan fingerprint density at radius 2 is 2.00 bits per heavy atom. The van der Waals surface area contributed by atoms with Crippen molar-refractivity contribution in [3.8, 4) is 5.75 Å². The van der Waals surface area contributed by atoms with E-state index in [2.05, 4.69) is 0 Å². The Bertz CT molecular complexity index is 526. The van der Waals surface area contributed by atoms with E-state index >= 15 is 0 Å². The second-order valence-electron chi connectivity index (χ2n) is 5.05. The van der Waals surface area contributed by atoms with Gasteiger partial charge in [-0.1, -0.05) is 19.9 Å². The van der Waals surface area contributed by atoms with E-state index in [1.807, 2.05) is 0 Å². The topological polar surface area (TPSA) is 43.4 Å². The zero-order valence-corrected chi connectivity index (χ0v) is 12.1. The van der Waals surface area contributed by atoms with Gasteiger partial charge in [0.1, 0.15) is 11.6 Å². The lowest BCUT2D eigenvalue weighted by atomic mass is 9.98. The van der Waals surface area contributed by atoms with Gasteiger partial charge in [-0.25, -0.2) is 12.8 Å². The van der Waals surface area contributed by atoms with Crippen molar-refractivity contribution in [1.82, 2.24) is 0 Å². The highest BCUT2D eigenvalue weighted by Gasteiger charge is 2.26. The third kappa shape index (κ3) is 5.23. The van der Waals surface area contributed by atoms with Gasteiger partial charge in [0.2, 0.25) is 9.05 Å². The molecule has 0 saturated heterocycles. The molecule has 0 aliphatic rings. The van der Waals surface area contributed by atoms with Crippen molar-refractivity contribution < 1.29 is 17.5 Å². The Morgan fingerprint density at radius 3 is 2.50 bits per heavy atom. The highest BCUT2D eigenvalue weighted by molar-refractivity contribution is 8.13. The van der Waals surface area contributed by atoms with Gasteiger partial charge in [-0.05, 0) is 18.6 Å². The zero-order valence-electron chi connectivity index (χ0n) is 10.5. The quantitative estimate of drug-likeness (QED) is 0.784. The highest BCUT2D eigenvalue weighted by Crippen LogP contribution is 2.23. The van der Waals surface area contributed by atoms with E-state index in [1.165, 1.54) is 6.07 Å². The van der Waals surface area contributed by atoms with Crippen molar-refractivity contribution in [2.24, 2.45) is 5.41 Å². The fourth-order valence-corrected chi connectivity index (χ4v) is 3.35. The number of hydrogen-bond acceptors (Lipinski definition) is 3. The van der Waals surface area contributed by atoms with Crippen LogP contribution in [0.25, 0.3) is 0 Å². The molecule has 0 unspecified atom stereocenters. The van der Waals surface area contributed by atoms with E-state index in [9.17, 15) is 12.8 Å². The average Bonchev–Trinajstić information content (AvgIpc) is 2.16. The van der Waals surface area contributed by atoms with Crippen molar-refractivity contribution in [1.29, 1.82) is 0 Å². The molecule has 1 aromatic carbocycles. The van der Waals surface area contributed by atoms with Gasteiger partial charge in [-0.3, -0.25) is 0 Å². The van der Waals surface area contributed by atoms with E-state index in [0.717, 1.165) is 0 Å². The Kier molecular flexibility index (Phi) is 4.61. The summed E-state index contributed by atoms with van der Waals surface area (Å²) in [5, 5.41) is 0. The molecular formula is C12H16ClFO3S. The molecule has 0 N–H and O–H groups in total. The third-order valence-electron chi connectivity index (χ3n) is 2.34. The first-order valence-electron chi connectivity index (χ1n) is 5.40. The van der Waals surface area contributed by atoms with Crippen molar-refractivity contribution in [3.05, 3.63) is 29.6 Å². The molecule has 0 amide bonds. The summed E-state index contributed by atoms with van der Waals surface area (Å²) in [6.07, 6.45) is 0. The fraction of sp³-hybridized carbons (Fsp3) is 0.500. The molecule has 18 heavy (non-hydrogen) atoms. The van der Waals surface area contributed by atoms with Crippen LogP contribution in [0, 0.1) is 18.2 Å². The van der Waals surface area contributed by atoms with E-state index < -0.39 is 14.5 Å². The number of hydrogen-bond donors (Lipinski definition) is 0. The summed E-state index contributed by atoms with van der Waals surface area (Å²) >= 11 is 0. The van der Waals surface area contributed by atoms with Crippen LogP contribution in [0.2, 0.25) is 0 Å². The fourth-order valence-electron chi connectivity index (χ4n) is 1.45. The van der Waals surface area contributed by atoms with Crippen molar-refractivity contribution >= 4 is 19.7 Å². The van der Waals surface area contributed by atoms with Gasteiger partial charge in [0.15, 0.2) is 0 Å². The number of benzene rings is 1. The number of halogens is 2. The monoisotopic (exact) mass is 294 g/mol. The summed E-state index contributed by atoms with van der Waals surface area (Å²) < 4.78 is 40.7. The van der Waals surface area contributed by atoms with Gasteiger partial charge in [0.25, 0.3) is 0 Å². The first kappa shape index (κ1) is 15.2. The SMILES string of the molecule is Cc1ccc(OCC(C)(C)CS(=O)(=O)Cl)cc1F. The molecule has 0 aromatic heterocycles. The molecule has 0 radical (unpaired) electrons. The van der Waals surface area contributed by atoms with E-state index in [4.69, 9.17) is 15.4 Å². The maximum Gasteiger partial charge on any atom is 0.233 e. The first-order chi connectivity index (χ1) is 8.09. The Morgan fingerprint density at radius 1 is 1.39 bits per heavy atom. The number of aryl methyl sites for hydroxylation is 1. The second-order valence-corrected chi connectivity index (χ2v) is 7.82. The molecular weight excluding hydrogens is 279 g/mol. The minimum absolute atomic E-state index is 0.140. The van der Waals surface area contributed by atoms with Crippen LogP contribution in [-0.2, 0) is 9.05 Å². The summed E-state index contributed by atoms with van der Waals surface area (Å²) in [5.41, 5.74) is -0.105. The summed E-state index contributed by atoms with van der Waals surface area (Å²) in [5.74, 6) is -0.177. The second kappa shape index (κ2) is 5.45. The lowest BCUT2D eigenvalue weighted by Crippen LogP contribution is -2.28. The van der Waals surface area contributed by atoms with Gasteiger partial charge >= 0.3 is 0 Å². The van der Waals surface area contributed by atoms with Crippen LogP contribution in [0.1, 0.15) is 19.4 Å². The minimum atomic E-state index is -3.58. The molecule has 6 heteroatoms. The van der Waals surface area contributed by atoms with Gasteiger partial charge in [-0.2, -0.15) is 0 Å². The van der Waals surface area contributed by atoms with Crippen LogP contribution < -0.4 is 4.74 Å². The summed E-state index contributed by atoms with van der Waals surface area (Å²) in [6.45, 7) is 5.24. The lowest BCUT2D eigenvalue weighted by molar-refractivity contribution is 0.199. The van der Waals surface area contributed by atoms with E-state index in [-0.39, 0.29) is 18.2 Å². The Hall–Kier alpha value is -0.810. The van der Waals surface area contributed by atoms with Crippen molar-refractivity contribution in [3.63, 3.8) is 0 Å². The average molecular weight is 295 g/mol. The van der Waals surface area contributed by atoms with Crippen LogP contribution in [0.3, 0.4) is 0 Å². The first-order valence-corrected chi connectivity index (χ1v) is 7.88. The number of ether oxygens (including phenoxy) is 1. The van der Waals surface area contributed by atoms with E-state index in [1.54, 1.807) is 32.9 Å². The zero-order chi connectivity index (χ0) is 14.0. The van der Waals surface area contributed by atoms with Crippen LogP contribution in [-0.4, -0.2) is 20.8 Å². The molecule has 0 fully saturated rings. The molecule has 0 aliphatic heterocycles. The Labute approximate surface area is 111 Å². The largest absolute Gasteiger partial charge is 0.493 e. The maximum absolute atomic E-state index is 13.3. The molecule has 0 spiro atoms. The van der Waals surface area contributed by atoms with Gasteiger partial charge in [0, 0.05) is 22.2 Å².